The van der Waals surface area contributed by atoms with E-state index in [0.29, 0.717) is 44.0 Å². The van der Waals surface area contributed by atoms with E-state index in [1.807, 2.05) is 11.8 Å². The SMILES string of the molecule is Cc1nc(N2CCOCC2)sc1C(=O)N1CCC(Oc2ccccc2F)CC1. The van der Waals surface area contributed by atoms with E-state index in [1.54, 1.807) is 18.2 Å². The van der Waals surface area contributed by atoms with Gasteiger partial charge in [0.15, 0.2) is 16.7 Å². The molecular weight excluding hydrogens is 381 g/mol. The van der Waals surface area contributed by atoms with Gasteiger partial charge in [0.05, 0.1) is 18.9 Å². The number of benzene rings is 1. The fraction of sp³-hybridized carbons (Fsp3) is 0.500. The van der Waals surface area contributed by atoms with E-state index in [4.69, 9.17) is 9.47 Å². The first-order chi connectivity index (χ1) is 13.6. The molecule has 28 heavy (non-hydrogen) atoms. The smallest absolute Gasteiger partial charge is 0.265 e. The quantitative estimate of drug-likeness (QED) is 0.782. The number of anilines is 1. The number of piperidine rings is 1. The van der Waals surface area contributed by atoms with Crippen LogP contribution in [0.2, 0.25) is 0 Å². The monoisotopic (exact) mass is 405 g/mol. The maximum absolute atomic E-state index is 13.8. The zero-order chi connectivity index (χ0) is 19.5. The van der Waals surface area contributed by atoms with Crippen molar-refractivity contribution in [3.63, 3.8) is 0 Å². The first-order valence-corrected chi connectivity index (χ1v) is 10.4. The summed E-state index contributed by atoms with van der Waals surface area (Å²) in [5, 5.41) is 0.891. The van der Waals surface area contributed by atoms with Gasteiger partial charge in [-0.15, -0.1) is 0 Å². The number of halogens is 1. The van der Waals surface area contributed by atoms with Gasteiger partial charge < -0.3 is 19.3 Å². The van der Waals surface area contributed by atoms with Crippen LogP contribution in [0.25, 0.3) is 0 Å². The van der Waals surface area contributed by atoms with Crippen molar-refractivity contribution in [1.82, 2.24) is 9.88 Å². The Kier molecular flexibility index (Phi) is 5.77. The van der Waals surface area contributed by atoms with Gasteiger partial charge in [-0.3, -0.25) is 4.79 Å². The maximum Gasteiger partial charge on any atom is 0.265 e. The second kappa shape index (κ2) is 8.45. The van der Waals surface area contributed by atoms with Crippen molar-refractivity contribution in [3.05, 3.63) is 40.7 Å². The van der Waals surface area contributed by atoms with E-state index in [1.165, 1.54) is 17.4 Å². The Labute approximate surface area is 167 Å². The number of carbonyl (C=O) groups is 1. The van der Waals surface area contributed by atoms with E-state index in [-0.39, 0.29) is 23.6 Å². The lowest BCUT2D eigenvalue weighted by Gasteiger charge is -2.32. The molecule has 0 aliphatic carbocycles. The third-order valence-electron chi connectivity index (χ3n) is 5.12. The van der Waals surface area contributed by atoms with Crippen LogP contribution in [-0.2, 0) is 4.74 Å². The Bertz CT molecular complexity index is 830. The van der Waals surface area contributed by atoms with E-state index >= 15 is 0 Å². The lowest BCUT2D eigenvalue weighted by atomic mass is 10.1. The van der Waals surface area contributed by atoms with Crippen molar-refractivity contribution >= 4 is 22.4 Å². The summed E-state index contributed by atoms with van der Waals surface area (Å²) >= 11 is 1.46. The molecule has 150 valence electrons. The number of morpholine rings is 1. The molecule has 1 amide bonds. The number of aromatic nitrogens is 1. The summed E-state index contributed by atoms with van der Waals surface area (Å²) in [6, 6.07) is 6.44. The highest BCUT2D eigenvalue weighted by Crippen LogP contribution is 2.29. The Balaban J connectivity index is 1.36. The molecule has 0 bridgehead atoms. The van der Waals surface area contributed by atoms with E-state index in [2.05, 4.69) is 9.88 Å². The number of rotatable bonds is 4. The van der Waals surface area contributed by atoms with Gasteiger partial charge in [-0.25, -0.2) is 9.37 Å². The molecule has 1 aromatic heterocycles. The number of para-hydroxylation sites is 1. The average Bonchev–Trinajstić information content (AvgIpc) is 3.12. The molecule has 3 heterocycles. The zero-order valence-electron chi connectivity index (χ0n) is 15.9. The van der Waals surface area contributed by atoms with Crippen molar-refractivity contribution in [3.8, 4) is 5.75 Å². The van der Waals surface area contributed by atoms with Crippen molar-refractivity contribution in [2.75, 3.05) is 44.3 Å². The van der Waals surface area contributed by atoms with E-state index in [0.717, 1.165) is 23.9 Å². The molecule has 0 N–H and O–H groups in total. The summed E-state index contributed by atoms with van der Waals surface area (Å²) in [6.07, 6.45) is 1.30. The lowest BCUT2D eigenvalue weighted by molar-refractivity contribution is 0.0592. The molecule has 0 saturated carbocycles. The van der Waals surface area contributed by atoms with Crippen LogP contribution in [0.4, 0.5) is 9.52 Å². The molecule has 2 saturated heterocycles. The molecule has 2 aliphatic heterocycles. The van der Waals surface area contributed by atoms with Crippen LogP contribution >= 0.6 is 11.3 Å². The minimum atomic E-state index is -0.350. The zero-order valence-corrected chi connectivity index (χ0v) is 16.7. The molecule has 6 nitrogen and oxygen atoms in total. The fourth-order valence-corrected chi connectivity index (χ4v) is 4.60. The summed E-state index contributed by atoms with van der Waals surface area (Å²) in [5.74, 6) is -0.0449. The third-order valence-corrected chi connectivity index (χ3v) is 6.33. The minimum absolute atomic E-state index is 0.0267. The number of likely N-dealkylation sites (tertiary alicyclic amines) is 1. The van der Waals surface area contributed by atoms with E-state index in [9.17, 15) is 9.18 Å². The molecular formula is C20H24FN3O3S. The lowest BCUT2D eigenvalue weighted by Crippen LogP contribution is -2.41. The summed E-state index contributed by atoms with van der Waals surface area (Å²) in [5.41, 5.74) is 0.779. The highest BCUT2D eigenvalue weighted by atomic mass is 32.1. The highest BCUT2D eigenvalue weighted by molar-refractivity contribution is 7.17. The molecule has 1 aromatic carbocycles. The predicted molar refractivity (Wildman–Crippen MR) is 106 cm³/mol. The van der Waals surface area contributed by atoms with Gasteiger partial charge in [0.2, 0.25) is 0 Å². The number of aryl methyl sites for hydroxylation is 1. The molecule has 2 aliphatic rings. The Morgan fingerprint density at radius 2 is 1.93 bits per heavy atom. The second-order valence-corrected chi connectivity index (χ2v) is 8.03. The molecule has 0 unspecified atom stereocenters. The number of carbonyl (C=O) groups excluding carboxylic acids is 1. The first-order valence-electron chi connectivity index (χ1n) is 9.62. The highest BCUT2D eigenvalue weighted by Gasteiger charge is 2.28. The summed E-state index contributed by atoms with van der Waals surface area (Å²) in [4.78, 5) is 22.3. The number of hydrogen-bond acceptors (Lipinski definition) is 6. The molecule has 2 aromatic rings. The second-order valence-electron chi connectivity index (χ2n) is 7.05. The Morgan fingerprint density at radius 3 is 2.64 bits per heavy atom. The normalized spacial score (nSPS) is 18.4. The van der Waals surface area contributed by atoms with Crippen LogP contribution in [0.1, 0.15) is 28.2 Å². The Morgan fingerprint density at radius 1 is 1.21 bits per heavy atom. The summed E-state index contributed by atoms with van der Waals surface area (Å²) < 4.78 is 24.9. The Hall–Kier alpha value is -2.19. The number of thiazole rings is 1. The fourth-order valence-electron chi connectivity index (χ4n) is 3.51. The largest absolute Gasteiger partial charge is 0.487 e. The predicted octanol–water partition coefficient (Wildman–Crippen LogP) is 3.11. The number of amides is 1. The van der Waals surface area contributed by atoms with Gasteiger partial charge in [0.25, 0.3) is 5.91 Å². The van der Waals surface area contributed by atoms with Crippen LogP contribution in [0.5, 0.6) is 5.75 Å². The van der Waals surface area contributed by atoms with Gasteiger partial charge in [-0.2, -0.15) is 0 Å². The standard InChI is InChI=1S/C20H24FN3O3S/c1-14-18(28-20(22-14)24-10-12-26-13-11-24)19(25)23-8-6-15(7-9-23)27-17-5-3-2-4-16(17)21/h2-5,15H,6-13H2,1H3. The van der Waals surface area contributed by atoms with Gasteiger partial charge in [-0.05, 0) is 19.1 Å². The van der Waals surface area contributed by atoms with Crippen LogP contribution in [0.15, 0.2) is 24.3 Å². The van der Waals surface area contributed by atoms with Crippen molar-refractivity contribution in [2.24, 2.45) is 0 Å². The average molecular weight is 405 g/mol. The van der Waals surface area contributed by atoms with Crippen LogP contribution in [0, 0.1) is 12.7 Å². The van der Waals surface area contributed by atoms with Crippen LogP contribution in [0.3, 0.4) is 0 Å². The van der Waals surface area contributed by atoms with Crippen molar-refractivity contribution in [2.45, 2.75) is 25.9 Å². The van der Waals surface area contributed by atoms with Gasteiger partial charge in [-0.1, -0.05) is 23.5 Å². The molecule has 2 fully saturated rings. The van der Waals surface area contributed by atoms with Gasteiger partial charge in [0, 0.05) is 39.0 Å². The minimum Gasteiger partial charge on any atom is -0.487 e. The topological polar surface area (TPSA) is 54.9 Å². The number of ether oxygens (including phenoxy) is 2. The maximum atomic E-state index is 13.8. The number of hydrogen-bond donors (Lipinski definition) is 0. The molecule has 0 radical (unpaired) electrons. The first kappa shape index (κ1) is 19.1. The molecule has 8 heteroatoms. The van der Waals surface area contributed by atoms with Gasteiger partial charge >= 0.3 is 0 Å². The summed E-state index contributed by atoms with van der Waals surface area (Å²) in [7, 11) is 0. The van der Waals surface area contributed by atoms with Crippen molar-refractivity contribution < 1.29 is 18.7 Å². The molecule has 0 atom stereocenters. The van der Waals surface area contributed by atoms with E-state index < -0.39 is 0 Å². The number of nitrogens with zero attached hydrogens (tertiary/aromatic N) is 3. The van der Waals surface area contributed by atoms with Gasteiger partial charge in [0.1, 0.15) is 11.0 Å². The molecule has 0 spiro atoms. The van der Waals surface area contributed by atoms with Crippen molar-refractivity contribution in [1.29, 1.82) is 0 Å². The summed E-state index contributed by atoms with van der Waals surface area (Å²) in [6.45, 7) is 6.08. The molecule has 4 rings (SSSR count). The third kappa shape index (κ3) is 4.12. The van der Waals surface area contributed by atoms with Crippen LogP contribution < -0.4 is 9.64 Å². The van der Waals surface area contributed by atoms with Crippen LogP contribution in [-0.4, -0.2) is 61.3 Å².